The van der Waals surface area contributed by atoms with Crippen molar-refractivity contribution < 1.29 is 4.55 Å². The van der Waals surface area contributed by atoms with E-state index >= 15 is 0 Å². The average molecular weight is 117 g/mol. The second-order valence-corrected chi connectivity index (χ2v) is 1.79. The molecule has 7 heavy (non-hydrogen) atoms. The van der Waals surface area contributed by atoms with Crippen LogP contribution in [0.1, 0.15) is 6.92 Å². The summed E-state index contributed by atoms with van der Waals surface area (Å²) >= 11 is 0.417. The first kappa shape index (κ1) is 6.72. The molecule has 0 saturated carbocycles. The second kappa shape index (κ2) is 2.82. The van der Waals surface area contributed by atoms with Gasteiger partial charge in [-0.05, 0) is 12.5 Å². The third-order valence-corrected chi connectivity index (χ3v) is 1.01. The zero-order valence-electron chi connectivity index (χ0n) is 4.06. The van der Waals surface area contributed by atoms with Gasteiger partial charge in [-0.25, -0.2) is 0 Å². The molecular weight excluding hydrogens is 110 g/mol. The van der Waals surface area contributed by atoms with Gasteiger partial charge in [0.05, 0.1) is 0 Å². The summed E-state index contributed by atoms with van der Waals surface area (Å²) < 4.78 is 8.14. The first-order valence-corrected chi connectivity index (χ1v) is 2.51. The Balaban J connectivity index is 3.58. The van der Waals surface area contributed by atoms with Crippen molar-refractivity contribution >= 4 is 17.1 Å². The first-order valence-electron chi connectivity index (χ1n) is 1.74. The molecule has 0 radical (unpaired) electrons. The minimum absolute atomic E-state index is 0.125. The molecule has 0 atom stereocenters. The fraction of sp³-hybridized carbons (Fsp3) is 0.250. The number of hydrogen-bond donors (Lipinski definition) is 2. The van der Waals surface area contributed by atoms with Crippen molar-refractivity contribution in [1.82, 2.24) is 0 Å². The zero-order valence-corrected chi connectivity index (χ0v) is 4.88. The highest BCUT2D eigenvalue weighted by Crippen LogP contribution is 2.01. The van der Waals surface area contributed by atoms with Crippen LogP contribution in [0.3, 0.4) is 0 Å². The zero-order chi connectivity index (χ0) is 5.86. The predicted octanol–water partition coefficient (Wildman–Crippen LogP) is 1.75. The number of nitrogens with one attached hydrogen (secondary N) is 1. The summed E-state index contributed by atoms with van der Waals surface area (Å²) in [5.41, 5.74) is 0.590. The van der Waals surface area contributed by atoms with Crippen molar-refractivity contribution in [2.75, 3.05) is 0 Å². The molecule has 0 saturated heterocycles. The van der Waals surface area contributed by atoms with Gasteiger partial charge in [-0.1, -0.05) is 6.58 Å². The van der Waals surface area contributed by atoms with E-state index in [0.29, 0.717) is 17.6 Å². The lowest BCUT2D eigenvalue weighted by Crippen LogP contribution is -1.86. The van der Waals surface area contributed by atoms with Crippen LogP contribution in [0.5, 0.6) is 0 Å². The lowest BCUT2D eigenvalue weighted by atomic mass is 10.4. The summed E-state index contributed by atoms with van der Waals surface area (Å²) in [6.07, 6.45) is 0. The summed E-state index contributed by atoms with van der Waals surface area (Å²) in [6.45, 7) is 5.09. The molecule has 0 aromatic carbocycles. The first-order chi connectivity index (χ1) is 3.18. The molecule has 0 aromatic heterocycles. The molecule has 2 N–H and O–H groups in total. The Morgan fingerprint density at radius 2 is 2.29 bits per heavy atom. The van der Waals surface area contributed by atoms with Gasteiger partial charge in [0, 0.05) is 12.0 Å². The van der Waals surface area contributed by atoms with E-state index in [1.807, 2.05) is 0 Å². The van der Waals surface area contributed by atoms with Crippen molar-refractivity contribution in [3.8, 4) is 0 Å². The van der Waals surface area contributed by atoms with Crippen molar-refractivity contribution in [3.63, 3.8) is 0 Å². The molecule has 0 amide bonds. The van der Waals surface area contributed by atoms with E-state index in [-0.39, 0.29) is 5.04 Å². The van der Waals surface area contributed by atoms with Gasteiger partial charge in [0.25, 0.3) is 0 Å². The molecule has 0 fully saturated rings. The molecule has 0 rings (SSSR count). The van der Waals surface area contributed by atoms with Crippen molar-refractivity contribution in [2.45, 2.75) is 6.92 Å². The summed E-state index contributed by atoms with van der Waals surface area (Å²) in [6, 6.07) is 0. The van der Waals surface area contributed by atoms with Crippen LogP contribution in [-0.4, -0.2) is 9.60 Å². The Bertz CT molecular complexity index is 99.9. The second-order valence-electron chi connectivity index (χ2n) is 1.20. The standard InChI is InChI=1S/C4H7NOS/c1-3(2)4(5)7-6/h5-6H,1H2,2H3. The Morgan fingerprint density at radius 1 is 1.86 bits per heavy atom. The van der Waals surface area contributed by atoms with Crippen LogP contribution in [0.2, 0.25) is 0 Å². The van der Waals surface area contributed by atoms with Crippen LogP contribution in [0.4, 0.5) is 0 Å². The van der Waals surface area contributed by atoms with Crippen LogP contribution in [0, 0.1) is 5.41 Å². The van der Waals surface area contributed by atoms with E-state index in [2.05, 4.69) is 6.58 Å². The third-order valence-electron chi connectivity index (χ3n) is 0.479. The fourth-order valence-electron chi connectivity index (χ4n) is 0.0779. The highest BCUT2D eigenvalue weighted by Gasteiger charge is 1.91. The van der Waals surface area contributed by atoms with Gasteiger partial charge in [-0.3, -0.25) is 5.41 Å². The van der Waals surface area contributed by atoms with Crippen molar-refractivity contribution in [3.05, 3.63) is 12.2 Å². The highest BCUT2D eigenvalue weighted by molar-refractivity contribution is 8.09. The maximum atomic E-state index is 8.14. The Kier molecular flexibility index (Phi) is 2.71. The molecule has 0 spiro atoms. The van der Waals surface area contributed by atoms with Crippen molar-refractivity contribution in [1.29, 1.82) is 5.41 Å². The van der Waals surface area contributed by atoms with Gasteiger partial charge in [0.1, 0.15) is 5.04 Å². The highest BCUT2D eigenvalue weighted by atomic mass is 32.2. The minimum atomic E-state index is 0.125. The van der Waals surface area contributed by atoms with Gasteiger partial charge < -0.3 is 4.55 Å². The molecule has 0 unspecified atom stereocenters. The quantitative estimate of drug-likeness (QED) is 0.312. The van der Waals surface area contributed by atoms with Crippen LogP contribution in [0.25, 0.3) is 0 Å². The molecular formula is C4H7NOS. The predicted molar refractivity (Wildman–Crippen MR) is 32.8 cm³/mol. The largest absolute Gasteiger partial charge is 0.324 e. The summed E-state index contributed by atoms with van der Waals surface area (Å²) in [5, 5.41) is 6.93. The Labute approximate surface area is 47.0 Å². The molecule has 3 heteroatoms. The maximum absolute atomic E-state index is 8.14. The molecule has 0 heterocycles. The van der Waals surface area contributed by atoms with E-state index < -0.39 is 0 Å². The molecule has 2 nitrogen and oxygen atoms in total. The van der Waals surface area contributed by atoms with E-state index in [1.165, 1.54) is 0 Å². The number of rotatable bonds is 1. The lowest BCUT2D eigenvalue weighted by molar-refractivity contribution is 0.673. The summed E-state index contributed by atoms with van der Waals surface area (Å²) in [7, 11) is 0. The van der Waals surface area contributed by atoms with Gasteiger partial charge in [-0.15, -0.1) is 0 Å². The normalized spacial score (nSPS) is 8.29. The molecule has 0 aliphatic carbocycles. The Morgan fingerprint density at radius 3 is 2.29 bits per heavy atom. The number of hydrogen-bond acceptors (Lipinski definition) is 3. The van der Waals surface area contributed by atoms with Crippen LogP contribution < -0.4 is 0 Å². The molecule has 40 valence electrons. The van der Waals surface area contributed by atoms with E-state index in [1.54, 1.807) is 6.92 Å². The molecule has 0 aliphatic heterocycles. The van der Waals surface area contributed by atoms with Gasteiger partial charge in [0.2, 0.25) is 0 Å². The van der Waals surface area contributed by atoms with Crippen LogP contribution in [0.15, 0.2) is 12.2 Å². The maximum Gasteiger partial charge on any atom is 0.117 e. The Hall–Kier alpha value is -0.280. The van der Waals surface area contributed by atoms with E-state index in [4.69, 9.17) is 9.96 Å². The van der Waals surface area contributed by atoms with Gasteiger partial charge in [0.15, 0.2) is 0 Å². The topological polar surface area (TPSA) is 44.1 Å². The summed E-state index contributed by atoms with van der Waals surface area (Å²) in [5.74, 6) is 0. The minimum Gasteiger partial charge on any atom is -0.324 e. The van der Waals surface area contributed by atoms with E-state index in [0.717, 1.165) is 0 Å². The SMILES string of the molecule is C=C(C)C(=N)SO. The molecule has 0 aromatic rings. The molecule has 0 bridgehead atoms. The monoisotopic (exact) mass is 117 g/mol. The van der Waals surface area contributed by atoms with Crippen LogP contribution in [-0.2, 0) is 0 Å². The lowest BCUT2D eigenvalue weighted by Gasteiger charge is -1.90. The molecule has 0 aliphatic rings. The fourth-order valence-corrected chi connectivity index (χ4v) is 0.234. The van der Waals surface area contributed by atoms with E-state index in [9.17, 15) is 0 Å². The average Bonchev–Trinajstić information content (AvgIpc) is 1.65. The summed E-state index contributed by atoms with van der Waals surface area (Å²) in [4.78, 5) is 0. The smallest absolute Gasteiger partial charge is 0.117 e. The third kappa shape index (κ3) is 2.42. The van der Waals surface area contributed by atoms with Gasteiger partial charge in [-0.2, -0.15) is 0 Å². The van der Waals surface area contributed by atoms with Gasteiger partial charge >= 0.3 is 0 Å². The van der Waals surface area contributed by atoms with Crippen molar-refractivity contribution in [2.24, 2.45) is 0 Å². The van der Waals surface area contributed by atoms with Crippen LogP contribution >= 0.6 is 12.0 Å².